The van der Waals surface area contributed by atoms with Crippen LogP contribution in [-0.2, 0) is 4.74 Å². The lowest BCUT2D eigenvalue weighted by Crippen LogP contribution is -2.41. The minimum absolute atomic E-state index is 0.101. The minimum Gasteiger partial charge on any atom is -0.379 e. The molecule has 4 aromatic rings. The molecule has 180 valence electrons. The highest BCUT2D eigenvalue weighted by Gasteiger charge is 2.19. The number of nitrogens with zero attached hydrogens (tertiary/aromatic N) is 4. The number of ether oxygens (including phenoxy) is 1. The van der Waals surface area contributed by atoms with Crippen molar-refractivity contribution in [3.05, 3.63) is 78.2 Å². The molecule has 1 fully saturated rings. The quantitative estimate of drug-likeness (QED) is 0.439. The lowest BCUT2D eigenvalue weighted by molar-refractivity contribution is 0.0383. The second-order valence-electron chi connectivity index (χ2n) is 8.40. The summed E-state index contributed by atoms with van der Waals surface area (Å²) in [5, 5.41) is 7.10. The number of hydrogen-bond donors (Lipinski definition) is 1. The number of halogens is 1. The van der Waals surface area contributed by atoms with Crippen LogP contribution in [0.2, 0.25) is 0 Å². The fraction of sp³-hybridized carbons (Fsp3) is 0.269. The van der Waals surface area contributed by atoms with Gasteiger partial charge in [-0.3, -0.25) is 9.69 Å². The number of benzene rings is 2. The molecule has 1 aliphatic rings. The van der Waals surface area contributed by atoms with Gasteiger partial charge < -0.3 is 19.1 Å². The Labute approximate surface area is 202 Å². The van der Waals surface area contributed by atoms with E-state index >= 15 is 0 Å². The van der Waals surface area contributed by atoms with Crippen molar-refractivity contribution in [1.29, 1.82) is 0 Å². The van der Waals surface area contributed by atoms with Crippen molar-refractivity contribution < 1.29 is 18.4 Å². The number of hydrogen-bond acceptors (Lipinski definition) is 6. The molecule has 0 bridgehead atoms. The van der Waals surface area contributed by atoms with Crippen LogP contribution in [0.25, 0.3) is 28.2 Å². The molecule has 8 nitrogen and oxygen atoms in total. The van der Waals surface area contributed by atoms with Crippen LogP contribution in [0.5, 0.6) is 0 Å². The molecule has 5 rings (SSSR count). The number of nitrogens with one attached hydrogen (secondary N) is 1. The summed E-state index contributed by atoms with van der Waals surface area (Å²) in [4.78, 5) is 19.3. The Morgan fingerprint density at radius 1 is 1.14 bits per heavy atom. The zero-order valence-corrected chi connectivity index (χ0v) is 19.4. The van der Waals surface area contributed by atoms with Crippen molar-refractivity contribution in [2.24, 2.45) is 0 Å². The lowest BCUT2D eigenvalue weighted by Gasteiger charge is -2.26. The van der Waals surface area contributed by atoms with E-state index < -0.39 is 0 Å². The third kappa shape index (κ3) is 5.16. The van der Waals surface area contributed by atoms with Gasteiger partial charge >= 0.3 is 0 Å². The topological polar surface area (TPSA) is 85.4 Å². The number of rotatable bonds is 7. The van der Waals surface area contributed by atoms with E-state index in [1.807, 2.05) is 22.9 Å². The molecule has 0 aliphatic carbocycles. The maximum Gasteiger partial charge on any atom is 0.251 e. The summed E-state index contributed by atoms with van der Waals surface area (Å²) in [5.41, 5.74) is 3.99. The van der Waals surface area contributed by atoms with Gasteiger partial charge in [-0.25, -0.2) is 9.37 Å². The van der Waals surface area contributed by atoms with Gasteiger partial charge in [-0.15, -0.1) is 0 Å². The lowest BCUT2D eigenvalue weighted by atomic mass is 10.0. The van der Waals surface area contributed by atoms with Gasteiger partial charge in [0.15, 0.2) is 0 Å². The maximum absolute atomic E-state index is 13.7. The molecule has 0 unspecified atom stereocenters. The van der Waals surface area contributed by atoms with Crippen molar-refractivity contribution in [3.8, 4) is 28.2 Å². The van der Waals surface area contributed by atoms with Crippen molar-refractivity contribution >= 4 is 5.91 Å². The molecule has 0 atom stereocenters. The Balaban J connectivity index is 1.27. The van der Waals surface area contributed by atoms with Crippen LogP contribution in [-0.4, -0.2) is 64.9 Å². The number of aryl methyl sites for hydroxylation is 1. The summed E-state index contributed by atoms with van der Waals surface area (Å²) < 4.78 is 26.4. The van der Waals surface area contributed by atoms with Gasteiger partial charge in [0.05, 0.1) is 30.8 Å². The van der Waals surface area contributed by atoms with E-state index in [9.17, 15) is 9.18 Å². The number of aromatic nitrogens is 3. The highest BCUT2D eigenvalue weighted by atomic mass is 19.1. The summed E-state index contributed by atoms with van der Waals surface area (Å²) in [6.45, 7) is 6.49. The van der Waals surface area contributed by atoms with Crippen molar-refractivity contribution in [2.45, 2.75) is 6.92 Å². The van der Waals surface area contributed by atoms with E-state index in [4.69, 9.17) is 9.26 Å². The third-order valence-electron chi connectivity index (χ3n) is 6.04. The predicted octanol–water partition coefficient (Wildman–Crippen LogP) is 3.70. The average molecular weight is 476 g/mol. The largest absolute Gasteiger partial charge is 0.379 e. The Kier molecular flexibility index (Phi) is 6.69. The van der Waals surface area contributed by atoms with Gasteiger partial charge in [0.25, 0.3) is 5.91 Å². The summed E-state index contributed by atoms with van der Waals surface area (Å²) in [5.74, 6) is 0.152. The standard InChI is InChI=1S/C26H26FN5O3/c1-18-24(25(30-35-18)20-3-2-4-21(27)15-20)23-16-32(17-29-23)22-7-5-19(6-8-22)26(33)28-9-10-31-11-13-34-14-12-31/h2-8,15-17H,9-14H2,1H3,(H,28,33). The van der Waals surface area contributed by atoms with E-state index in [0.29, 0.717) is 40.4 Å². The Morgan fingerprint density at radius 2 is 1.94 bits per heavy atom. The maximum atomic E-state index is 13.7. The fourth-order valence-electron chi connectivity index (χ4n) is 4.14. The molecule has 1 saturated heterocycles. The molecule has 9 heteroatoms. The molecule has 0 spiro atoms. The van der Waals surface area contributed by atoms with Crippen LogP contribution >= 0.6 is 0 Å². The van der Waals surface area contributed by atoms with E-state index in [1.54, 1.807) is 37.5 Å². The first-order chi connectivity index (χ1) is 17.1. The summed E-state index contributed by atoms with van der Waals surface area (Å²) in [6, 6.07) is 13.6. The van der Waals surface area contributed by atoms with Crippen LogP contribution in [0.1, 0.15) is 16.1 Å². The van der Waals surface area contributed by atoms with Crippen LogP contribution in [0.15, 0.2) is 65.6 Å². The van der Waals surface area contributed by atoms with E-state index in [0.717, 1.165) is 38.5 Å². The molecular weight excluding hydrogens is 449 g/mol. The van der Waals surface area contributed by atoms with Gasteiger partial charge in [-0.05, 0) is 43.3 Å². The Bertz CT molecular complexity index is 1310. The summed E-state index contributed by atoms with van der Waals surface area (Å²) in [7, 11) is 0. The highest BCUT2D eigenvalue weighted by molar-refractivity contribution is 5.94. The second-order valence-corrected chi connectivity index (χ2v) is 8.40. The van der Waals surface area contributed by atoms with Gasteiger partial charge in [-0.2, -0.15) is 0 Å². The average Bonchev–Trinajstić information content (AvgIpc) is 3.51. The van der Waals surface area contributed by atoms with E-state index in [1.165, 1.54) is 12.1 Å². The number of morpholine rings is 1. The molecule has 1 amide bonds. The number of carbonyl (C=O) groups is 1. The fourth-order valence-corrected chi connectivity index (χ4v) is 4.14. The van der Waals surface area contributed by atoms with Gasteiger partial charge in [0.1, 0.15) is 17.3 Å². The van der Waals surface area contributed by atoms with Crippen molar-refractivity contribution in [2.75, 3.05) is 39.4 Å². The molecule has 1 N–H and O–H groups in total. The second kappa shape index (κ2) is 10.2. The van der Waals surface area contributed by atoms with E-state index in [2.05, 4.69) is 20.4 Å². The van der Waals surface area contributed by atoms with Crippen molar-refractivity contribution in [1.82, 2.24) is 24.9 Å². The first kappa shape index (κ1) is 22.9. The number of carbonyl (C=O) groups excluding carboxylic acids is 1. The zero-order chi connectivity index (χ0) is 24.2. The van der Waals surface area contributed by atoms with Crippen LogP contribution in [0.4, 0.5) is 4.39 Å². The molecule has 0 saturated carbocycles. The monoisotopic (exact) mass is 475 g/mol. The molecule has 2 aromatic heterocycles. The van der Waals surface area contributed by atoms with E-state index in [-0.39, 0.29) is 11.7 Å². The number of amides is 1. The first-order valence-electron chi connectivity index (χ1n) is 11.5. The number of imidazole rings is 1. The third-order valence-corrected chi connectivity index (χ3v) is 6.04. The normalized spacial score (nSPS) is 14.2. The highest BCUT2D eigenvalue weighted by Crippen LogP contribution is 2.33. The molecule has 3 heterocycles. The smallest absolute Gasteiger partial charge is 0.251 e. The Hall–Kier alpha value is -3.82. The van der Waals surface area contributed by atoms with Crippen LogP contribution in [0.3, 0.4) is 0 Å². The predicted molar refractivity (Wildman–Crippen MR) is 129 cm³/mol. The summed E-state index contributed by atoms with van der Waals surface area (Å²) in [6.07, 6.45) is 3.55. The SMILES string of the molecule is Cc1onc(-c2cccc(F)c2)c1-c1cn(-c2ccc(C(=O)NCCN3CCOCC3)cc2)cn1. The van der Waals surface area contributed by atoms with Gasteiger partial charge in [-0.1, -0.05) is 17.3 Å². The minimum atomic E-state index is -0.343. The first-order valence-corrected chi connectivity index (χ1v) is 11.5. The summed E-state index contributed by atoms with van der Waals surface area (Å²) >= 11 is 0. The van der Waals surface area contributed by atoms with Crippen LogP contribution in [0, 0.1) is 12.7 Å². The van der Waals surface area contributed by atoms with Crippen LogP contribution < -0.4 is 5.32 Å². The molecule has 1 aliphatic heterocycles. The Morgan fingerprint density at radius 3 is 2.71 bits per heavy atom. The zero-order valence-electron chi connectivity index (χ0n) is 19.4. The van der Waals surface area contributed by atoms with Gasteiger partial charge in [0, 0.05) is 49.2 Å². The molecule has 2 aromatic carbocycles. The molecule has 35 heavy (non-hydrogen) atoms. The molecular formula is C26H26FN5O3. The van der Waals surface area contributed by atoms with Crippen molar-refractivity contribution in [3.63, 3.8) is 0 Å². The van der Waals surface area contributed by atoms with Gasteiger partial charge in [0.2, 0.25) is 0 Å². The molecule has 0 radical (unpaired) electrons.